The summed E-state index contributed by atoms with van der Waals surface area (Å²) >= 11 is 0. The summed E-state index contributed by atoms with van der Waals surface area (Å²) in [5.41, 5.74) is 3.19. The average molecular weight is 252 g/mol. The van der Waals surface area contributed by atoms with Gasteiger partial charge in [-0.25, -0.2) is 10.2 Å². The van der Waals surface area contributed by atoms with E-state index in [9.17, 15) is 4.39 Å². The van der Waals surface area contributed by atoms with Crippen molar-refractivity contribution >= 4 is 5.96 Å². The van der Waals surface area contributed by atoms with E-state index in [4.69, 9.17) is 5.84 Å². The van der Waals surface area contributed by atoms with Gasteiger partial charge < -0.3 is 5.32 Å². The highest BCUT2D eigenvalue weighted by molar-refractivity contribution is 5.79. The monoisotopic (exact) mass is 252 g/mol. The lowest BCUT2D eigenvalue weighted by molar-refractivity contribution is 0.606. The summed E-state index contributed by atoms with van der Waals surface area (Å²) < 4.78 is 13.4. The molecule has 0 aliphatic heterocycles. The van der Waals surface area contributed by atoms with Crippen LogP contribution in [-0.4, -0.2) is 19.0 Å². The first-order valence-electron chi connectivity index (χ1n) is 6.11. The van der Waals surface area contributed by atoms with Crippen molar-refractivity contribution < 1.29 is 4.39 Å². The maximum absolute atomic E-state index is 13.4. The highest BCUT2D eigenvalue weighted by Gasteiger charge is 2.01. The number of guanidine groups is 1. The van der Waals surface area contributed by atoms with Crippen molar-refractivity contribution in [1.29, 1.82) is 0 Å². The molecule has 0 saturated heterocycles. The molecule has 0 saturated carbocycles. The second kappa shape index (κ2) is 7.66. The third-order valence-corrected chi connectivity index (χ3v) is 2.40. The number of nitrogens with two attached hydrogens (primary N) is 1. The van der Waals surface area contributed by atoms with E-state index in [-0.39, 0.29) is 5.82 Å². The molecule has 5 heteroatoms. The Bertz CT molecular complexity index is 390. The normalized spacial score (nSPS) is 11.7. The smallest absolute Gasteiger partial charge is 0.205 e. The molecule has 0 aliphatic rings. The van der Waals surface area contributed by atoms with Crippen molar-refractivity contribution in [2.75, 3.05) is 13.1 Å². The van der Waals surface area contributed by atoms with Gasteiger partial charge in [0.15, 0.2) is 0 Å². The maximum atomic E-state index is 13.4. The van der Waals surface area contributed by atoms with Crippen LogP contribution in [0.15, 0.2) is 29.3 Å². The lowest BCUT2D eigenvalue weighted by Gasteiger charge is -2.10. The molecule has 1 aromatic rings. The quantitative estimate of drug-likeness (QED) is 0.321. The van der Waals surface area contributed by atoms with Crippen molar-refractivity contribution in [3.8, 4) is 0 Å². The van der Waals surface area contributed by atoms with Crippen molar-refractivity contribution in [2.45, 2.75) is 20.3 Å². The molecule has 0 heterocycles. The minimum atomic E-state index is -0.180. The van der Waals surface area contributed by atoms with Gasteiger partial charge in [0.1, 0.15) is 5.82 Å². The highest BCUT2D eigenvalue weighted by atomic mass is 19.1. The van der Waals surface area contributed by atoms with Crippen LogP contribution in [0.2, 0.25) is 0 Å². The van der Waals surface area contributed by atoms with Gasteiger partial charge in [-0.1, -0.05) is 32.0 Å². The summed E-state index contributed by atoms with van der Waals surface area (Å²) in [5.74, 6) is 6.19. The van der Waals surface area contributed by atoms with E-state index < -0.39 is 0 Å². The summed E-state index contributed by atoms with van der Waals surface area (Å²) in [6.07, 6.45) is 0.592. The Morgan fingerprint density at radius 1 is 1.39 bits per heavy atom. The summed E-state index contributed by atoms with van der Waals surface area (Å²) in [7, 11) is 0. The Morgan fingerprint density at radius 3 is 2.72 bits per heavy atom. The number of hydrogen-bond donors (Lipinski definition) is 3. The molecule has 4 nitrogen and oxygen atoms in total. The first-order chi connectivity index (χ1) is 8.63. The third-order valence-electron chi connectivity index (χ3n) is 2.40. The van der Waals surface area contributed by atoms with E-state index in [0.717, 1.165) is 0 Å². The molecule has 0 unspecified atom stereocenters. The number of nitrogens with zero attached hydrogens (tertiary/aromatic N) is 1. The molecule has 0 amide bonds. The van der Waals surface area contributed by atoms with E-state index >= 15 is 0 Å². The Kier molecular flexibility index (Phi) is 6.14. The summed E-state index contributed by atoms with van der Waals surface area (Å²) in [5, 5.41) is 3.05. The van der Waals surface area contributed by atoms with Crippen LogP contribution in [0.5, 0.6) is 0 Å². The van der Waals surface area contributed by atoms with Crippen LogP contribution >= 0.6 is 0 Å². The summed E-state index contributed by atoms with van der Waals surface area (Å²) in [4.78, 5) is 4.27. The van der Waals surface area contributed by atoms with Gasteiger partial charge in [-0.15, -0.1) is 0 Å². The number of benzene rings is 1. The highest BCUT2D eigenvalue weighted by Crippen LogP contribution is 2.05. The number of hydrogen-bond acceptors (Lipinski definition) is 2. The topological polar surface area (TPSA) is 62.4 Å². The standard InChI is InChI=1S/C13H21FN4/c1-10(2)9-17-13(18-15)16-8-7-11-5-3-4-6-12(11)14/h3-6,10H,7-9,15H2,1-2H3,(H2,16,17,18). The molecule has 0 fully saturated rings. The molecular formula is C13H21FN4. The molecule has 1 rings (SSSR count). The van der Waals surface area contributed by atoms with Crippen LogP contribution in [0.1, 0.15) is 19.4 Å². The zero-order valence-electron chi connectivity index (χ0n) is 10.9. The van der Waals surface area contributed by atoms with Crippen molar-refractivity contribution in [2.24, 2.45) is 16.8 Å². The maximum Gasteiger partial charge on any atom is 0.205 e. The van der Waals surface area contributed by atoms with Crippen LogP contribution < -0.4 is 16.6 Å². The van der Waals surface area contributed by atoms with Gasteiger partial charge in [0.2, 0.25) is 5.96 Å². The second-order valence-electron chi connectivity index (χ2n) is 4.50. The van der Waals surface area contributed by atoms with E-state index in [2.05, 4.69) is 29.6 Å². The number of aliphatic imine (C=N–C) groups is 1. The van der Waals surface area contributed by atoms with Crippen molar-refractivity contribution in [1.82, 2.24) is 10.7 Å². The van der Waals surface area contributed by atoms with Crippen LogP contribution in [0.4, 0.5) is 4.39 Å². The van der Waals surface area contributed by atoms with Crippen LogP contribution in [0, 0.1) is 11.7 Å². The van der Waals surface area contributed by atoms with Gasteiger partial charge in [0.25, 0.3) is 0 Å². The van der Waals surface area contributed by atoms with Gasteiger partial charge in [0.05, 0.1) is 0 Å². The van der Waals surface area contributed by atoms with E-state index in [1.54, 1.807) is 12.1 Å². The van der Waals surface area contributed by atoms with Gasteiger partial charge in [0, 0.05) is 13.1 Å². The van der Waals surface area contributed by atoms with Gasteiger partial charge >= 0.3 is 0 Å². The average Bonchev–Trinajstić information content (AvgIpc) is 2.35. The molecule has 0 bridgehead atoms. The molecular weight excluding hydrogens is 231 g/mol. The molecule has 100 valence electrons. The van der Waals surface area contributed by atoms with E-state index in [0.29, 0.717) is 37.0 Å². The summed E-state index contributed by atoms with van der Waals surface area (Å²) in [6.45, 7) is 5.45. The fourth-order valence-corrected chi connectivity index (χ4v) is 1.44. The summed E-state index contributed by atoms with van der Waals surface area (Å²) in [6, 6.07) is 6.75. The second-order valence-corrected chi connectivity index (χ2v) is 4.50. The Labute approximate surface area is 107 Å². The van der Waals surface area contributed by atoms with Crippen LogP contribution in [-0.2, 0) is 6.42 Å². The van der Waals surface area contributed by atoms with Gasteiger partial charge in [-0.3, -0.25) is 10.4 Å². The van der Waals surface area contributed by atoms with E-state index in [1.165, 1.54) is 6.07 Å². The number of halogens is 1. The lowest BCUT2D eigenvalue weighted by atomic mass is 10.1. The molecule has 4 N–H and O–H groups in total. The molecule has 0 atom stereocenters. The SMILES string of the molecule is CC(C)CN=C(NN)NCCc1ccccc1F. The number of nitrogens with one attached hydrogen (secondary N) is 2. The van der Waals surface area contributed by atoms with Crippen LogP contribution in [0.3, 0.4) is 0 Å². The molecule has 0 aromatic heterocycles. The molecule has 1 aromatic carbocycles. The van der Waals surface area contributed by atoms with Crippen molar-refractivity contribution in [3.05, 3.63) is 35.6 Å². The first kappa shape index (κ1) is 14.4. The van der Waals surface area contributed by atoms with Crippen LogP contribution in [0.25, 0.3) is 0 Å². The Morgan fingerprint density at radius 2 is 2.11 bits per heavy atom. The molecule has 0 radical (unpaired) electrons. The number of hydrazine groups is 1. The van der Waals surface area contributed by atoms with E-state index in [1.807, 2.05) is 6.07 Å². The van der Waals surface area contributed by atoms with Gasteiger partial charge in [-0.05, 0) is 24.0 Å². The Hall–Kier alpha value is -1.62. The molecule has 18 heavy (non-hydrogen) atoms. The molecule has 0 spiro atoms. The zero-order chi connectivity index (χ0) is 13.4. The number of rotatable bonds is 5. The largest absolute Gasteiger partial charge is 0.355 e. The first-order valence-corrected chi connectivity index (χ1v) is 6.11. The fourth-order valence-electron chi connectivity index (χ4n) is 1.44. The predicted molar refractivity (Wildman–Crippen MR) is 72.6 cm³/mol. The minimum absolute atomic E-state index is 0.180. The lowest BCUT2D eigenvalue weighted by Crippen LogP contribution is -2.42. The Balaban J connectivity index is 2.40. The minimum Gasteiger partial charge on any atom is -0.355 e. The zero-order valence-corrected chi connectivity index (χ0v) is 10.9. The predicted octanol–water partition coefficient (Wildman–Crippen LogP) is 1.43. The van der Waals surface area contributed by atoms with Crippen molar-refractivity contribution in [3.63, 3.8) is 0 Å². The van der Waals surface area contributed by atoms with Gasteiger partial charge in [-0.2, -0.15) is 0 Å². The third kappa shape index (κ3) is 5.14. The molecule has 0 aliphatic carbocycles. The fraction of sp³-hybridized carbons (Fsp3) is 0.462.